The first-order valence-corrected chi connectivity index (χ1v) is 6.89. The summed E-state index contributed by atoms with van der Waals surface area (Å²) in [6.07, 6.45) is 5.35. The molecule has 0 amide bonds. The summed E-state index contributed by atoms with van der Waals surface area (Å²) in [5.41, 5.74) is 0. The van der Waals surface area contributed by atoms with Crippen molar-refractivity contribution in [2.75, 3.05) is 6.54 Å². The van der Waals surface area contributed by atoms with E-state index in [9.17, 15) is 4.79 Å². The fourth-order valence-corrected chi connectivity index (χ4v) is 1.81. The largest absolute Gasteiger partial charge is 0.481 e. The normalized spacial score (nSPS) is 14.9. The molecule has 0 aliphatic rings. The first-order valence-electron chi connectivity index (χ1n) is 6.89. The molecule has 0 spiro atoms. The monoisotopic (exact) mass is 243 g/mol. The SMILES string of the molecule is CC(C)CCCNC(C)CCCC(C)C(=O)O. The first kappa shape index (κ1) is 16.4. The lowest BCUT2D eigenvalue weighted by molar-refractivity contribution is -0.141. The van der Waals surface area contributed by atoms with E-state index in [0.717, 1.165) is 31.7 Å². The maximum Gasteiger partial charge on any atom is 0.306 e. The Morgan fingerprint density at radius 3 is 2.24 bits per heavy atom. The molecule has 0 fully saturated rings. The predicted molar refractivity (Wildman–Crippen MR) is 72.2 cm³/mol. The molecule has 2 unspecified atom stereocenters. The van der Waals surface area contributed by atoms with Gasteiger partial charge in [-0.2, -0.15) is 0 Å². The minimum Gasteiger partial charge on any atom is -0.481 e. The molecule has 0 aromatic heterocycles. The lowest BCUT2D eigenvalue weighted by Crippen LogP contribution is -2.27. The molecule has 0 bridgehead atoms. The highest BCUT2D eigenvalue weighted by atomic mass is 16.4. The maximum atomic E-state index is 10.6. The van der Waals surface area contributed by atoms with Gasteiger partial charge in [-0.1, -0.05) is 27.2 Å². The van der Waals surface area contributed by atoms with Crippen LogP contribution < -0.4 is 5.32 Å². The van der Waals surface area contributed by atoms with Crippen LogP contribution in [-0.2, 0) is 4.79 Å². The molecule has 0 rings (SSSR count). The van der Waals surface area contributed by atoms with Crippen LogP contribution in [0.4, 0.5) is 0 Å². The molecule has 17 heavy (non-hydrogen) atoms. The van der Waals surface area contributed by atoms with E-state index in [4.69, 9.17) is 5.11 Å². The van der Waals surface area contributed by atoms with Crippen LogP contribution in [0.15, 0.2) is 0 Å². The quantitative estimate of drug-likeness (QED) is 0.579. The fraction of sp³-hybridized carbons (Fsp3) is 0.929. The van der Waals surface area contributed by atoms with E-state index in [0.29, 0.717) is 6.04 Å². The number of hydrogen-bond donors (Lipinski definition) is 2. The molecule has 3 nitrogen and oxygen atoms in total. The molecular weight excluding hydrogens is 214 g/mol. The standard InChI is InChI=1S/C14H29NO2/c1-11(2)7-6-10-15-13(4)9-5-8-12(3)14(16)17/h11-13,15H,5-10H2,1-4H3,(H,16,17). The maximum absolute atomic E-state index is 10.6. The summed E-state index contributed by atoms with van der Waals surface area (Å²) in [6.45, 7) is 9.53. The van der Waals surface area contributed by atoms with Crippen molar-refractivity contribution in [2.24, 2.45) is 11.8 Å². The van der Waals surface area contributed by atoms with Crippen LogP contribution in [-0.4, -0.2) is 23.7 Å². The lowest BCUT2D eigenvalue weighted by atomic mass is 10.0. The van der Waals surface area contributed by atoms with E-state index in [1.54, 1.807) is 6.92 Å². The van der Waals surface area contributed by atoms with Crippen LogP contribution in [0.25, 0.3) is 0 Å². The Bertz CT molecular complexity index is 204. The molecule has 0 radical (unpaired) electrons. The highest BCUT2D eigenvalue weighted by Crippen LogP contribution is 2.10. The average molecular weight is 243 g/mol. The van der Waals surface area contributed by atoms with Crippen molar-refractivity contribution >= 4 is 5.97 Å². The first-order chi connectivity index (χ1) is 7.93. The third-order valence-electron chi connectivity index (χ3n) is 3.15. The van der Waals surface area contributed by atoms with Gasteiger partial charge in [0, 0.05) is 6.04 Å². The van der Waals surface area contributed by atoms with Crippen LogP contribution in [0.3, 0.4) is 0 Å². The molecule has 0 aromatic rings. The van der Waals surface area contributed by atoms with E-state index < -0.39 is 5.97 Å². The van der Waals surface area contributed by atoms with Crippen LogP contribution in [0.1, 0.15) is 59.8 Å². The smallest absolute Gasteiger partial charge is 0.306 e. The lowest BCUT2D eigenvalue weighted by Gasteiger charge is -2.15. The number of carboxylic acid groups (broad SMARTS) is 1. The molecule has 3 heteroatoms. The van der Waals surface area contributed by atoms with Gasteiger partial charge in [-0.05, 0) is 45.1 Å². The highest BCUT2D eigenvalue weighted by molar-refractivity contribution is 5.69. The summed E-state index contributed by atoms with van der Waals surface area (Å²) >= 11 is 0. The van der Waals surface area contributed by atoms with Crippen molar-refractivity contribution in [2.45, 2.75) is 65.8 Å². The average Bonchev–Trinajstić information content (AvgIpc) is 2.23. The number of hydrogen-bond acceptors (Lipinski definition) is 2. The molecule has 0 heterocycles. The minimum atomic E-state index is -0.678. The Morgan fingerprint density at radius 1 is 1.06 bits per heavy atom. The molecule has 2 atom stereocenters. The Kier molecular flexibility index (Phi) is 9.14. The summed E-state index contributed by atoms with van der Waals surface area (Å²) in [4.78, 5) is 10.6. The number of nitrogens with one attached hydrogen (secondary N) is 1. The molecule has 102 valence electrons. The molecule has 0 aliphatic heterocycles. The van der Waals surface area contributed by atoms with Gasteiger partial charge in [0.2, 0.25) is 0 Å². The van der Waals surface area contributed by atoms with E-state index in [1.807, 2.05) is 0 Å². The Hall–Kier alpha value is -0.570. The highest BCUT2D eigenvalue weighted by Gasteiger charge is 2.10. The van der Waals surface area contributed by atoms with Crippen molar-refractivity contribution in [3.63, 3.8) is 0 Å². The van der Waals surface area contributed by atoms with Gasteiger partial charge >= 0.3 is 5.97 Å². The zero-order chi connectivity index (χ0) is 13.3. The second-order valence-electron chi connectivity index (χ2n) is 5.56. The van der Waals surface area contributed by atoms with Gasteiger partial charge in [0.1, 0.15) is 0 Å². The van der Waals surface area contributed by atoms with Crippen LogP contribution >= 0.6 is 0 Å². The van der Waals surface area contributed by atoms with Crippen molar-refractivity contribution in [1.82, 2.24) is 5.32 Å². The van der Waals surface area contributed by atoms with Crippen LogP contribution in [0, 0.1) is 11.8 Å². The van der Waals surface area contributed by atoms with Gasteiger partial charge in [-0.25, -0.2) is 0 Å². The zero-order valence-electron chi connectivity index (χ0n) is 11.8. The zero-order valence-corrected chi connectivity index (χ0v) is 11.8. The number of carbonyl (C=O) groups is 1. The van der Waals surface area contributed by atoms with E-state index in [2.05, 4.69) is 26.1 Å². The Morgan fingerprint density at radius 2 is 1.71 bits per heavy atom. The Balaban J connectivity index is 3.40. The summed E-state index contributed by atoms with van der Waals surface area (Å²) < 4.78 is 0. The van der Waals surface area contributed by atoms with Crippen LogP contribution in [0.5, 0.6) is 0 Å². The van der Waals surface area contributed by atoms with E-state index in [-0.39, 0.29) is 5.92 Å². The summed E-state index contributed by atoms with van der Waals surface area (Å²) in [5, 5.41) is 12.3. The molecular formula is C14H29NO2. The predicted octanol–water partition coefficient (Wildman–Crippen LogP) is 3.29. The summed E-state index contributed by atoms with van der Waals surface area (Å²) in [5.74, 6) is -0.103. The Labute approximate surface area is 106 Å². The number of aliphatic carboxylic acids is 1. The molecule has 0 saturated heterocycles. The van der Waals surface area contributed by atoms with Gasteiger partial charge in [-0.3, -0.25) is 4.79 Å². The van der Waals surface area contributed by atoms with Gasteiger partial charge < -0.3 is 10.4 Å². The van der Waals surface area contributed by atoms with E-state index in [1.165, 1.54) is 12.8 Å². The van der Waals surface area contributed by atoms with Gasteiger partial charge in [0.05, 0.1) is 5.92 Å². The summed E-state index contributed by atoms with van der Waals surface area (Å²) in [7, 11) is 0. The third-order valence-corrected chi connectivity index (χ3v) is 3.15. The fourth-order valence-electron chi connectivity index (χ4n) is 1.81. The van der Waals surface area contributed by atoms with E-state index >= 15 is 0 Å². The van der Waals surface area contributed by atoms with Crippen molar-refractivity contribution in [3.8, 4) is 0 Å². The van der Waals surface area contributed by atoms with Gasteiger partial charge in [0.15, 0.2) is 0 Å². The minimum absolute atomic E-state index is 0.205. The number of carboxylic acids is 1. The van der Waals surface area contributed by atoms with Crippen molar-refractivity contribution in [3.05, 3.63) is 0 Å². The van der Waals surface area contributed by atoms with Crippen molar-refractivity contribution in [1.29, 1.82) is 0 Å². The van der Waals surface area contributed by atoms with Gasteiger partial charge in [0.25, 0.3) is 0 Å². The molecule has 0 saturated carbocycles. The second-order valence-corrected chi connectivity index (χ2v) is 5.56. The molecule has 0 aliphatic carbocycles. The third kappa shape index (κ3) is 10.3. The second kappa shape index (κ2) is 9.46. The topological polar surface area (TPSA) is 49.3 Å². The molecule has 0 aromatic carbocycles. The van der Waals surface area contributed by atoms with Gasteiger partial charge in [-0.15, -0.1) is 0 Å². The molecule has 2 N–H and O–H groups in total. The number of rotatable bonds is 10. The summed E-state index contributed by atoms with van der Waals surface area (Å²) in [6, 6.07) is 0.503. The van der Waals surface area contributed by atoms with Crippen LogP contribution in [0.2, 0.25) is 0 Å². The van der Waals surface area contributed by atoms with Crippen molar-refractivity contribution < 1.29 is 9.90 Å².